The number of hydrogen-bond donors (Lipinski definition) is 1. The Morgan fingerprint density at radius 2 is 1.54 bits per heavy atom. The Morgan fingerprint density at radius 1 is 0.846 bits per heavy atom. The van der Waals surface area contributed by atoms with E-state index in [2.05, 4.69) is 87.6 Å². The smallest absolute Gasteiger partial charge is 0.0422 e. The van der Waals surface area contributed by atoms with Gasteiger partial charge in [0, 0.05) is 22.7 Å². The molecular formula is C25H33N. The Kier molecular flexibility index (Phi) is 5.86. The van der Waals surface area contributed by atoms with Crippen molar-refractivity contribution in [3.63, 3.8) is 0 Å². The zero-order chi connectivity index (χ0) is 18.6. The number of hydrogen-bond acceptors (Lipinski definition) is 1. The van der Waals surface area contributed by atoms with E-state index in [1.807, 2.05) is 0 Å². The largest absolute Gasteiger partial charge is 0.380 e. The molecule has 1 atom stereocenters. The molecule has 0 fully saturated rings. The molecule has 0 spiro atoms. The van der Waals surface area contributed by atoms with Crippen molar-refractivity contribution in [1.82, 2.24) is 5.32 Å². The first kappa shape index (κ1) is 18.8. The standard InChI is InChI=1S/C25H33N/c1-5-6-7-11-18-22-23(19-14-9-8-10-15-19)20-16-12-13-17-21(20)24(22)26-25(2,3)4/h8-10,12-17,23,26H,5-7,11,18H2,1-4H3. The van der Waals surface area contributed by atoms with E-state index in [0.29, 0.717) is 5.92 Å². The molecule has 1 aliphatic rings. The van der Waals surface area contributed by atoms with Crippen LogP contribution >= 0.6 is 0 Å². The summed E-state index contributed by atoms with van der Waals surface area (Å²) in [6.07, 6.45) is 6.38. The van der Waals surface area contributed by atoms with Crippen LogP contribution < -0.4 is 5.32 Å². The minimum Gasteiger partial charge on any atom is -0.380 e. The van der Waals surface area contributed by atoms with E-state index in [9.17, 15) is 0 Å². The van der Waals surface area contributed by atoms with Crippen molar-refractivity contribution in [1.29, 1.82) is 0 Å². The molecule has 0 aliphatic heterocycles. The average molecular weight is 348 g/mol. The molecule has 0 saturated heterocycles. The Balaban J connectivity index is 2.04. The fourth-order valence-electron chi connectivity index (χ4n) is 4.04. The van der Waals surface area contributed by atoms with Gasteiger partial charge < -0.3 is 5.32 Å². The van der Waals surface area contributed by atoms with Gasteiger partial charge in [0.25, 0.3) is 0 Å². The van der Waals surface area contributed by atoms with Gasteiger partial charge in [0.2, 0.25) is 0 Å². The van der Waals surface area contributed by atoms with Gasteiger partial charge >= 0.3 is 0 Å². The lowest BCUT2D eigenvalue weighted by Gasteiger charge is -2.25. The molecule has 1 unspecified atom stereocenters. The van der Waals surface area contributed by atoms with Crippen molar-refractivity contribution in [2.75, 3.05) is 0 Å². The molecule has 0 aromatic heterocycles. The molecule has 0 amide bonds. The predicted molar refractivity (Wildman–Crippen MR) is 113 cm³/mol. The second-order valence-corrected chi connectivity index (χ2v) is 8.52. The third-order valence-electron chi connectivity index (χ3n) is 5.14. The molecule has 1 nitrogen and oxygen atoms in total. The predicted octanol–water partition coefficient (Wildman–Crippen LogP) is 6.90. The maximum Gasteiger partial charge on any atom is 0.0422 e. The average Bonchev–Trinajstić information content (AvgIpc) is 2.92. The highest BCUT2D eigenvalue weighted by Crippen LogP contribution is 2.47. The number of benzene rings is 2. The van der Waals surface area contributed by atoms with Gasteiger partial charge in [0.05, 0.1) is 0 Å². The second kappa shape index (κ2) is 8.12. The van der Waals surface area contributed by atoms with Crippen molar-refractivity contribution >= 4 is 5.70 Å². The van der Waals surface area contributed by atoms with Crippen LogP contribution in [0.1, 0.15) is 82.4 Å². The molecule has 1 N–H and O–H groups in total. The van der Waals surface area contributed by atoms with E-state index >= 15 is 0 Å². The van der Waals surface area contributed by atoms with Gasteiger partial charge in [-0.15, -0.1) is 0 Å². The van der Waals surface area contributed by atoms with Crippen LogP contribution in [0.5, 0.6) is 0 Å². The first-order valence-corrected chi connectivity index (χ1v) is 10.2. The summed E-state index contributed by atoms with van der Waals surface area (Å²) in [5.41, 5.74) is 7.26. The number of unbranched alkanes of at least 4 members (excludes halogenated alkanes) is 3. The summed E-state index contributed by atoms with van der Waals surface area (Å²) in [4.78, 5) is 0. The van der Waals surface area contributed by atoms with Gasteiger partial charge in [-0.3, -0.25) is 0 Å². The van der Waals surface area contributed by atoms with E-state index in [-0.39, 0.29) is 5.54 Å². The van der Waals surface area contributed by atoms with Crippen LogP contribution in [0, 0.1) is 0 Å². The summed E-state index contributed by atoms with van der Waals surface area (Å²) in [6, 6.07) is 20.0. The minimum absolute atomic E-state index is 0.0582. The summed E-state index contributed by atoms with van der Waals surface area (Å²) in [5, 5.41) is 3.84. The molecule has 3 rings (SSSR count). The van der Waals surface area contributed by atoms with Crippen LogP contribution in [0.3, 0.4) is 0 Å². The van der Waals surface area contributed by atoms with Crippen LogP contribution in [0.15, 0.2) is 60.2 Å². The van der Waals surface area contributed by atoms with Crippen LogP contribution in [-0.2, 0) is 0 Å². The summed E-state index contributed by atoms with van der Waals surface area (Å²) in [5.74, 6) is 0.388. The second-order valence-electron chi connectivity index (χ2n) is 8.52. The van der Waals surface area contributed by atoms with Gasteiger partial charge in [0.15, 0.2) is 0 Å². The first-order chi connectivity index (χ1) is 12.5. The van der Waals surface area contributed by atoms with E-state index in [4.69, 9.17) is 0 Å². The molecule has 0 heterocycles. The highest BCUT2D eigenvalue weighted by atomic mass is 15.0. The minimum atomic E-state index is 0.0582. The molecule has 2 aromatic rings. The number of rotatable bonds is 7. The van der Waals surface area contributed by atoms with Crippen molar-refractivity contribution in [2.24, 2.45) is 0 Å². The van der Waals surface area contributed by atoms with Crippen molar-refractivity contribution in [2.45, 2.75) is 71.3 Å². The summed E-state index contributed by atoms with van der Waals surface area (Å²) < 4.78 is 0. The Morgan fingerprint density at radius 3 is 2.23 bits per heavy atom. The third kappa shape index (κ3) is 4.20. The normalized spacial score (nSPS) is 16.7. The molecule has 26 heavy (non-hydrogen) atoms. The lowest BCUT2D eigenvalue weighted by Crippen LogP contribution is -2.34. The molecule has 1 heteroatoms. The first-order valence-electron chi connectivity index (χ1n) is 10.2. The Bertz CT molecular complexity index is 749. The molecule has 138 valence electrons. The van der Waals surface area contributed by atoms with E-state index < -0.39 is 0 Å². The van der Waals surface area contributed by atoms with Crippen molar-refractivity contribution < 1.29 is 0 Å². The molecule has 2 aromatic carbocycles. The zero-order valence-electron chi connectivity index (χ0n) is 16.8. The van der Waals surface area contributed by atoms with Crippen molar-refractivity contribution in [3.8, 4) is 0 Å². The number of allylic oxidation sites excluding steroid dienone is 1. The fourth-order valence-corrected chi connectivity index (χ4v) is 4.04. The number of nitrogens with one attached hydrogen (secondary N) is 1. The highest BCUT2D eigenvalue weighted by molar-refractivity contribution is 5.79. The van der Waals surface area contributed by atoms with E-state index in [1.54, 1.807) is 5.57 Å². The van der Waals surface area contributed by atoms with Gasteiger partial charge in [-0.1, -0.05) is 80.8 Å². The van der Waals surface area contributed by atoms with Gasteiger partial charge in [-0.05, 0) is 50.3 Å². The fraction of sp³-hybridized carbons (Fsp3) is 0.440. The molecule has 0 bridgehead atoms. The number of fused-ring (bicyclic) bond motifs is 1. The van der Waals surface area contributed by atoms with Crippen LogP contribution in [0.25, 0.3) is 5.70 Å². The van der Waals surface area contributed by atoms with Crippen LogP contribution in [0.2, 0.25) is 0 Å². The lowest BCUT2D eigenvalue weighted by atomic mass is 9.86. The quantitative estimate of drug-likeness (QED) is 0.537. The zero-order valence-corrected chi connectivity index (χ0v) is 16.8. The molecular weight excluding hydrogens is 314 g/mol. The third-order valence-corrected chi connectivity index (χ3v) is 5.14. The van der Waals surface area contributed by atoms with E-state index in [1.165, 1.54) is 54.5 Å². The topological polar surface area (TPSA) is 12.0 Å². The SMILES string of the molecule is CCCCCCC1=C(NC(C)(C)C)c2ccccc2C1c1ccccc1. The Hall–Kier alpha value is -2.02. The molecule has 1 aliphatic carbocycles. The van der Waals surface area contributed by atoms with Gasteiger partial charge in [-0.2, -0.15) is 0 Å². The monoisotopic (exact) mass is 347 g/mol. The van der Waals surface area contributed by atoms with Crippen LogP contribution in [-0.4, -0.2) is 5.54 Å². The van der Waals surface area contributed by atoms with E-state index in [0.717, 1.165) is 0 Å². The lowest BCUT2D eigenvalue weighted by molar-refractivity contribution is 0.499. The highest BCUT2D eigenvalue weighted by Gasteiger charge is 2.33. The van der Waals surface area contributed by atoms with Crippen molar-refractivity contribution in [3.05, 3.63) is 76.9 Å². The summed E-state index contributed by atoms with van der Waals surface area (Å²) in [6.45, 7) is 9.05. The Labute approximate surface area is 159 Å². The van der Waals surface area contributed by atoms with Gasteiger partial charge in [0.1, 0.15) is 0 Å². The summed E-state index contributed by atoms with van der Waals surface area (Å²) in [7, 11) is 0. The van der Waals surface area contributed by atoms with Gasteiger partial charge in [-0.25, -0.2) is 0 Å². The molecule has 0 saturated carbocycles. The maximum atomic E-state index is 3.84. The summed E-state index contributed by atoms with van der Waals surface area (Å²) >= 11 is 0. The van der Waals surface area contributed by atoms with Crippen LogP contribution in [0.4, 0.5) is 0 Å². The maximum absolute atomic E-state index is 3.84. The molecule has 0 radical (unpaired) electrons.